The molecule has 5 rings (SSSR count). The number of piperidine rings is 1. The first-order valence-electron chi connectivity index (χ1n) is 10.4. The van der Waals surface area contributed by atoms with E-state index in [-0.39, 0.29) is 0 Å². The lowest BCUT2D eigenvalue weighted by molar-refractivity contribution is 0.0914. The van der Waals surface area contributed by atoms with Gasteiger partial charge in [-0.1, -0.05) is 35.0 Å². The van der Waals surface area contributed by atoms with E-state index in [0.717, 1.165) is 66.9 Å². The van der Waals surface area contributed by atoms with Crippen LogP contribution in [-0.2, 0) is 19.5 Å². The number of rotatable bonds is 4. The average molecular weight is 409 g/mol. The summed E-state index contributed by atoms with van der Waals surface area (Å²) in [5.41, 5.74) is 4.44. The topological polar surface area (TPSA) is 45.4 Å². The Morgan fingerprint density at radius 2 is 1.86 bits per heavy atom. The third-order valence-corrected chi connectivity index (χ3v) is 6.41. The van der Waals surface area contributed by atoms with Gasteiger partial charge >= 0.3 is 0 Å². The Morgan fingerprint density at radius 1 is 1.03 bits per heavy atom. The number of hydrogen-bond acceptors (Lipinski definition) is 5. The second kappa shape index (κ2) is 8.27. The van der Waals surface area contributed by atoms with E-state index in [4.69, 9.17) is 16.1 Å². The Bertz CT molecular complexity index is 949. The molecule has 2 aliphatic rings. The third kappa shape index (κ3) is 4.08. The molecule has 0 radical (unpaired) electrons. The molecule has 0 unspecified atom stereocenters. The zero-order chi connectivity index (χ0) is 19.6. The van der Waals surface area contributed by atoms with Crippen molar-refractivity contribution in [2.45, 2.75) is 38.4 Å². The van der Waals surface area contributed by atoms with Gasteiger partial charge < -0.3 is 4.52 Å². The second-order valence-electron chi connectivity index (χ2n) is 7.99. The van der Waals surface area contributed by atoms with Gasteiger partial charge in [0.15, 0.2) is 0 Å². The number of nitrogens with zero attached hydrogens (tertiary/aromatic N) is 4. The summed E-state index contributed by atoms with van der Waals surface area (Å²) in [5, 5.41) is 5.12. The summed E-state index contributed by atoms with van der Waals surface area (Å²) >= 11 is 6.04. The van der Waals surface area contributed by atoms with Crippen molar-refractivity contribution < 1.29 is 4.52 Å². The van der Waals surface area contributed by atoms with E-state index in [1.165, 1.54) is 18.4 Å². The van der Waals surface area contributed by atoms with Gasteiger partial charge in [0, 0.05) is 67.5 Å². The number of likely N-dealkylation sites (tertiary alicyclic amines) is 1. The van der Waals surface area contributed by atoms with Crippen LogP contribution in [0.4, 0.5) is 0 Å². The minimum absolute atomic E-state index is 0.621. The van der Waals surface area contributed by atoms with Crippen LogP contribution in [0.2, 0.25) is 5.02 Å². The van der Waals surface area contributed by atoms with E-state index in [1.807, 2.05) is 36.5 Å². The van der Waals surface area contributed by atoms with Crippen molar-refractivity contribution in [3.63, 3.8) is 0 Å². The summed E-state index contributed by atoms with van der Waals surface area (Å²) in [6.07, 6.45) is 5.21. The summed E-state index contributed by atoms with van der Waals surface area (Å²) in [6.45, 7) is 5.16. The predicted molar refractivity (Wildman–Crippen MR) is 114 cm³/mol. The second-order valence-corrected chi connectivity index (χ2v) is 8.43. The zero-order valence-electron chi connectivity index (χ0n) is 16.4. The quantitative estimate of drug-likeness (QED) is 0.639. The van der Waals surface area contributed by atoms with Gasteiger partial charge in [-0.3, -0.25) is 14.8 Å². The van der Waals surface area contributed by atoms with Gasteiger partial charge in [0.1, 0.15) is 11.5 Å². The van der Waals surface area contributed by atoms with Crippen LogP contribution in [0.1, 0.15) is 29.9 Å². The molecule has 1 fully saturated rings. The van der Waals surface area contributed by atoms with Crippen molar-refractivity contribution in [1.82, 2.24) is 19.9 Å². The minimum Gasteiger partial charge on any atom is -0.360 e. The molecule has 0 atom stereocenters. The number of hydrogen-bond donors (Lipinski definition) is 0. The van der Waals surface area contributed by atoms with Crippen molar-refractivity contribution >= 4 is 11.6 Å². The third-order valence-electron chi connectivity index (χ3n) is 6.16. The fourth-order valence-corrected chi connectivity index (χ4v) is 4.67. The molecule has 0 saturated carbocycles. The molecule has 1 saturated heterocycles. The molecule has 1 aromatic carbocycles. The van der Waals surface area contributed by atoms with Crippen LogP contribution in [0.3, 0.4) is 0 Å². The molecule has 2 aromatic heterocycles. The zero-order valence-corrected chi connectivity index (χ0v) is 17.2. The molecule has 150 valence electrons. The molecule has 29 heavy (non-hydrogen) atoms. The SMILES string of the molecule is Clc1ccc(-c2noc3c2CN(C2CCN(Cc4ccccn4)CC2)CC3)cc1. The summed E-state index contributed by atoms with van der Waals surface area (Å²) < 4.78 is 5.67. The van der Waals surface area contributed by atoms with Gasteiger partial charge in [-0.15, -0.1) is 0 Å². The summed E-state index contributed by atoms with van der Waals surface area (Å²) in [7, 11) is 0. The van der Waals surface area contributed by atoms with Gasteiger partial charge in [-0.2, -0.15) is 0 Å². The van der Waals surface area contributed by atoms with Gasteiger partial charge in [-0.25, -0.2) is 0 Å². The Hall–Kier alpha value is -2.21. The highest BCUT2D eigenvalue weighted by molar-refractivity contribution is 6.30. The van der Waals surface area contributed by atoms with Crippen molar-refractivity contribution in [3.8, 4) is 11.3 Å². The highest BCUT2D eigenvalue weighted by atomic mass is 35.5. The van der Waals surface area contributed by atoms with Crippen LogP contribution < -0.4 is 0 Å². The van der Waals surface area contributed by atoms with Crippen LogP contribution in [-0.4, -0.2) is 45.6 Å². The van der Waals surface area contributed by atoms with E-state index >= 15 is 0 Å². The Kier molecular flexibility index (Phi) is 5.36. The molecule has 0 N–H and O–H groups in total. The van der Waals surface area contributed by atoms with Crippen LogP contribution >= 0.6 is 11.6 Å². The maximum absolute atomic E-state index is 6.04. The van der Waals surface area contributed by atoms with E-state index in [1.54, 1.807) is 0 Å². The van der Waals surface area contributed by atoms with Crippen LogP contribution in [0.15, 0.2) is 53.2 Å². The van der Waals surface area contributed by atoms with Crippen molar-refractivity contribution in [2.24, 2.45) is 0 Å². The summed E-state index contributed by atoms with van der Waals surface area (Å²) in [5.74, 6) is 1.04. The average Bonchev–Trinajstić information content (AvgIpc) is 3.19. The number of fused-ring (bicyclic) bond motifs is 1. The first-order valence-corrected chi connectivity index (χ1v) is 10.7. The molecule has 5 nitrogen and oxygen atoms in total. The van der Waals surface area contributed by atoms with Crippen LogP contribution in [0.25, 0.3) is 11.3 Å². The normalized spacial score (nSPS) is 18.7. The highest BCUT2D eigenvalue weighted by Crippen LogP contribution is 2.32. The molecule has 3 aromatic rings. The first kappa shape index (κ1) is 18.8. The van der Waals surface area contributed by atoms with Crippen LogP contribution in [0, 0.1) is 0 Å². The molecular weight excluding hydrogens is 384 g/mol. The number of aromatic nitrogens is 2. The van der Waals surface area contributed by atoms with E-state index in [0.29, 0.717) is 6.04 Å². The van der Waals surface area contributed by atoms with E-state index in [9.17, 15) is 0 Å². The molecule has 2 aliphatic heterocycles. The van der Waals surface area contributed by atoms with Gasteiger partial charge in [0.2, 0.25) is 0 Å². The molecule has 0 amide bonds. The molecule has 6 heteroatoms. The lowest BCUT2D eigenvalue weighted by Gasteiger charge is -2.39. The van der Waals surface area contributed by atoms with Crippen molar-refractivity contribution in [1.29, 1.82) is 0 Å². The fourth-order valence-electron chi connectivity index (χ4n) is 4.54. The number of pyridine rings is 1. The van der Waals surface area contributed by atoms with Gasteiger partial charge in [0.25, 0.3) is 0 Å². The largest absolute Gasteiger partial charge is 0.360 e. The van der Waals surface area contributed by atoms with Gasteiger partial charge in [0.05, 0.1) is 5.69 Å². The highest BCUT2D eigenvalue weighted by Gasteiger charge is 2.31. The minimum atomic E-state index is 0.621. The van der Waals surface area contributed by atoms with Crippen molar-refractivity contribution in [3.05, 3.63) is 70.7 Å². The summed E-state index contributed by atoms with van der Waals surface area (Å²) in [4.78, 5) is 9.61. The Morgan fingerprint density at radius 3 is 2.62 bits per heavy atom. The summed E-state index contributed by atoms with van der Waals surface area (Å²) in [6, 6.07) is 14.6. The fraction of sp³-hybridized carbons (Fsp3) is 0.391. The monoisotopic (exact) mass is 408 g/mol. The Balaban J connectivity index is 1.24. The lowest BCUT2D eigenvalue weighted by Crippen LogP contribution is -2.46. The van der Waals surface area contributed by atoms with Crippen molar-refractivity contribution in [2.75, 3.05) is 19.6 Å². The predicted octanol–water partition coefficient (Wildman–Crippen LogP) is 4.41. The maximum Gasteiger partial charge on any atom is 0.143 e. The molecule has 0 aliphatic carbocycles. The van der Waals surface area contributed by atoms with Crippen LogP contribution in [0.5, 0.6) is 0 Å². The van der Waals surface area contributed by atoms with Gasteiger partial charge in [-0.05, 0) is 37.1 Å². The van der Waals surface area contributed by atoms with E-state index in [2.05, 4.69) is 32.1 Å². The molecule has 0 bridgehead atoms. The first-order chi connectivity index (χ1) is 14.3. The molecular formula is C23H25ClN4O. The maximum atomic E-state index is 6.04. The standard InChI is InChI=1S/C23H25ClN4O/c24-18-6-4-17(5-7-18)23-21-16-28(14-10-22(21)29-26-23)20-8-12-27(13-9-20)15-19-3-1-2-11-25-19/h1-7,11,20H,8-10,12-16H2. The number of halogens is 1. The molecule has 4 heterocycles. The lowest BCUT2D eigenvalue weighted by atomic mass is 9.96. The number of benzene rings is 1. The molecule has 0 spiro atoms. The Labute approximate surface area is 176 Å². The van der Waals surface area contributed by atoms with E-state index < -0.39 is 0 Å². The smallest absolute Gasteiger partial charge is 0.143 e.